The van der Waals surface area contributed by atoms with Crippen molar-refractivity contribution in [3.05, 3.63) is 0 Å². The Morgan fingerprint density at radius 3 is 2.93 bits per heavy atom. The first kappa shape index (κ1) is 12.5. The van der Waals surface area contributed by atoms with E-state index in [2.05, 4.69) is 16.0 Å². The fourth-order valence-electron chi connectivity index (χ4n) is 1.83. The van der Waals surface area contributed by atoms with Gasteiger partial charge in [0.1, 0.15) is 0 Å². The molecule has 1 aliphatic rings. The molecule has 0 aromatic carbocycles. The molecular formula is C11H23N3O. The molecule has 1 atom stereocenters. The fraction of sp³-hybridized carbons (Fsp3) is 0.909. The van der Waals surface area contributed by atoms with Crippen LogP contribution in [0.4, 0.5) is 0 Å². The number of amides is 1. The van der Waals surface area contributed by atoms with Crippen LogP contribution >= 0.6 is 0 Å². The van der Waals surface area contributed by atoms with E-state index in [1.165, 1.54) is 12.8 Å². The van der Waals surface area contributed by atoms with Crippen molar-refractivity contribution >= 4 is 5.91 Å². The number of rotatable bonds is 4. The maximum absolute atomic E-state index is 11.4. The van der Waals surface area contributed by atoms with Crippen LogP contribution < -0.4 is 16.0 Å². The van der Waals surface area contributed by atoms with E-state index in [-0.39, 0.29) is 11.9 Å². The number of nitrogens with one attached hydrogen (secondary N) is 3. The highest BCUT2D eigenvalue weighted by Crippen LogP contribution is 2.04. The molecule has 4 heteroatoms. The number of carbonyl (C=O) groups is 1. The molecule has 1 heterocycles. The lowest BCUT2D eigenvalue weighted by atomic mass is 10.1. The minimum absolute atomic E-state index is 0.0993. The van der Waals surface area contributed by atoms with Crippen molar-refractivity contribution in [3.8, 4) is 0 Å². The van der Waals surface area contributed by atoms with Gasteiger partial charge in [-0.05, 0) is 46.2 Å². The zero-order valence-electron chi connectivity index (χ0n) is 9.81. The van der Waals surface area contributed by atoms with Gasteiger partial charge in [-0.1, -0.05) is 0 Å². The number of carbonyl (C=O) groups excluding carboxylic acids is 1. The van der Waals surface area contributed by atoms with Gasteiger partial charge in [-0.15, -0.1) is 0 Å². The monoisotopic (exact) mass is 213 g/mol. The lowest BCUT2D eigenvalue weighted by Gasteiger charge is -2.16. The average Bonchev–Trinajstić information content (AvgIpc) is 2.41. The molecule has 0 aromatic rings. The maximum Gasteiger partial charge on any atom is 0.234 e. The Balaban J connectivity index is 2.14. The van der Waals surface area contributed by atoms with E-state index in [0.29, 0.717) is 12.6 Å². The summed E-state index contributed by atoms with van der Waals surface area (Å²) >= 11 is 0. The Bertz CT molecular complexity index is 186. The van der Waals surface area contributed by atoms with Gasteiger partial charge >= 0.3 is 0 Å². The summed E-state index contributed by atoms with van der Waals surface area (Å²) in [7, 11) is 0. The molecule has 0 aromatic heterocycles. The maximum atomic E-state index is 11.4. The molecule has 0 bridgehead atoms. The van der Waals surface area contributed by atoms with Crippen LogP contribution in [0.5, 0.6) is 0 Å². The highest BCUT2D eigenvalue weighted by atomic mass is 16.1. The molecule has 0 saturated carbocycles. The van der Waals surface area contributed by atoms with Gasteiger partial charge in [-0.3, -0.25) is 4.79 Å². The molecular weight excluding hydrogens is 190 g/mol. The van der Waals surface area contributed by atoms with Crippen LogP contribution in [0.1, 0.15) is 33.1 Å². The van der Waals surface area contributed by atoms with Crippen LogP contribution in [0.25, 0.3) is 0 Å². The van der Waals surface area contributed by atoms with Gasteiger partial charge in [-0.25, -0.2) is 0 Å². The Labute approximate surface area is 92.2 Å². The first-order valence-corrected chi connectivity index (χ1v) is 5.92. The summed E-state index contributed by atoms with van der Waals surface area (Å²) in [6, 6.07) is 0.730. The van der Waals surface area contributed by atoms with Crippen molar-refractivity contribution in [3.63, 3.8) is 0 Å². The first-order valence-electron chi connectivity index (χ1n) is 5.92. The smallest absolute Gasteiger partial charge is 0.234 e. The lowest BCUT2D eigenvalue weighted by Crippen LogP contribution is -2.41. The molecule has 1 saturated heterocycles. The highest BCUT2D eigenvalue weighted by Gasteiger charge is 2.12. The third-order valence-corrected chi connectivity index (χ3v) is 2.58. The standard InChI is InChI=1S/C11H23N3O/c1-9(2)14-11(15)8-13-10-4-3-6-12-7-5-10/h9-10,12-13H,3-8H2,1-2H3,(H,14,15). The minimum Gasteiger partial charge on any atom is -0.353 e. The average molecular weight is 213 g/mol. The normalized spacial score (nSPS) is 22.5. The highest BCUT2D eigenvalue weighted by molar-refractivity contribution is 5.78. The predicted octanol–water partition coefficient (Wildman–Crippen LogP) is 0.243. The van der Waals surface area contributed by atoms with Gasteiger partial charge in [0.25, 0.3) is 0 Å². The van der Waals surface area contributed by atoms with Gasteiger partial charge in [-0.2, -0.15) is 0 Å². The van der Waals surface area contributed by atoms with E-state index < -0.39 is 0 Å². The van der Waals surface area contributed by atoms with E-state index in [0.717, 1.165) is 19.5 Å². The van der Waals surface area contributed by atoms with Crippen molar-refractivity contribution in [2.45, 2.75) is 45.2 Å². The molecule has 0 aliphatic carbocycles. The van der Waals surface area contributed by atoms with Crippen LogP contribution in [0.2, 0.25) is 0 Å². The lowest BCUT2D eigenvalue weighted by molar-refractivity contribution is -0.120. The van der Waals surface area contributed by atoms with Crippen LogP contribution in [0.15, 0.2) is 0 Å². The molecule has 0 spiro atoms. The van der Waals surface area contributed by atoms with Crippen molar-refractivity contribution in [2.24, 2.45) is 0 Å². The molecule has 4 nitrogen and oxygen atoms in total. The van der Waals surface area contributed by atoms with E-state index in [4.69, 9.17) is 0 Å². The summed E-state index contributed by atoms with van der Waals surface area (Å²) in [5.41, 5.74) is 0. The van der Waals surface area contributed by atoms with E-state index >= 15 is 0 Å². The summed E-state index contributed by atoms with van der Waals surface area (Å²) in [5.74, 6) is 0.0993. The van der Waals surface area contributed by atoms with Crippen LogP contribution in [0, 0.1) is 0 Å². The van der Waals surface area contributed by atoms with Gasteiger partial charge in [0.05, 0.1) is 6.54 Å². The zero-order valence-corrected chi connectivity index (χ0v) is 9.81. The summed E-state index contributed by atoms with van der Waals surface area (Å²) in [5, 5.41) is 9.55. The quantitative estimate of drug-likeness (QED) is 0.627. The SMILES string of the molecule is CC(C)NC(=O)CNC1CCCNCC1. The van der Waals surface area contributed by atoms with Gasteiger partial charge in [0.15, 0.2) is 0 Å². The summed E-state index contributed by atoms with van der Waals surface area (Å²) in [6.07, 6.45) is 3.49. The molecule has 88 valence electrons. The first-order chi connectivity index (χ1) is 7.18. The van der Waals surface area contributed by atoms with Crippen molar-refractivity contribution in [1.29, 1.82) is 0 Å². The Hall–Kier alpha value is -0.610. The zero-order chi connectivity index (χ0) is 11.1. The van der Waals surface area contributed by atoms with E-state index in [1.807, 2.05) is 13.8 Å². The predicted molar refractivity (Wildman–Crippen MR) is 61.8 cm³/mol. The van der Waals surface area contributed by atoms with Gasteiger partial charge in [0.2, 0.25) is 5.91 Å². The summed E-state index contributed by atoms with van der Waals surface area (Å²) in [6.45, 7) is 6.57. The summed E-state index contributed by atoms with van der Waals surface area (Å²) in [4.78, 5) is 11.4. The number of hydrogen-bond acceptors (Lipinski definition) is 3. The Kier molecular flexibility index (Phi) is 5.65. The van der Waals surface area contributed by atoms with Crippen LogP contribution in [-0.2, 0) is 4.79 Å². The molecule has 1 fully saturated rings. The summed E-state index contributed by atoms with van der Waals surface area (Å²) < 4.78 is 0. The Morgan fingerprint density at radius 2 is 2.20 bits per heavy atom. The molecule has 15 heavy (non-hydrogen) atoms. The molecule has 1 aliphatic heterocycles. The van der Waals surface area contributed by atoms with Crippen LogP contribution in [-0.4, -0.2) is 37.6 Å². The Morgan fingerprint density at radius 1 is 1.40 bits per heavy atom. The largest absolute Gasteiger partial charge is 0.353 e. The van der Waals surface area contributed by atoms with Gasteiger partial charge in [0, 0.05) is 12.1 Å². The molecule has 1 unspecified atom stereocenters. The number of hydrogen-bond donors (Lipinski definition) is 3. The van der Waals surface area contributed by atoms with E-state index in [1.54, 1.807) is 0 Å². The van der Waals surface area contributed by atoms with Crippen LogP contribution in [0.3, 0.4) is 0 Å². The molecule has 1 amide bonds. The molecule has 0 radical (unpaired) electrons. The molecule has 1 rings (SSSR count). The minimum atomic E-state index is 0.0993. The van der Waals surface area contributed by atoms with Crippen molar-refractivity contribution in [1.82, 2.24) is 16.0 Å². The fourth-order valence-corrected chi connectivity index (χ4v) is 1.83. The van der Waals surface area contributed by atoms with Crippen molar-refractivity contribution in [2.75, 3.05) is 19.6 Å². The topological polar surface area (TPSA) is 53.2 Å². The second kappa shape index (κ2) is 6.80. The van der Waals surface area contributed by atoms with Gasteiger partial charge < -0.3 is 16.0 Å². The third kappa shape index (κ3) is 5.74. The third-order valence-electron chi connectivity index (χ3n) is 2.58. The van der Waals surface area contributed by atoms with Crippen molar-refractivity contribution < 1.29 is 4.79 Å². The molecule has 3 N–H and O–H groups in total. The van der Waals surface area contributed by atoms with E-state index in [9.17, 15) is 4.79 Å². The second-order valence-electron chi connectivity index (χ2n) is 4.48. The second-order valence-corrected chi connectivity index (χ2v) is 4.48.